The maximum atomic E-state index is 12.7. The monoisotopic (exact) mass is 449 g/mol. The maximum Gasteiger partial charge on any atom is 0.342 e. The van der Waals surface area contributed by atoms with Crippen molar-refractivity contribution in [2.24, 2.45) is 0 Å². The summed E-state index contributed by atoms with van der Waals surface area (Å²) in [4.78, 5) is 39.8. The van der Waals surface area contributed by atoms with E-state index in [4.69, 9.17) is 9.47 Å². The summed E-state index contributed by atoms with van der Waals surface area (Å²) in [6.07, 6.45) is 3.29. The van der Waals surface area contributed by atoms with Gasteiger partial charge in [-0.25, -0.2) is 9.78 Å². The number of likely N-dealkylation sites (N-methyl/N-ethyl adjacent to an activating group) is 1. The minimum absolute atomic E-state index is 0.240. The SMILES string of the molecule is COC(=O)c1c(C(OCC[Si](C)(C)C)N(C)CCN2CCCC2)[nH]c(=O)c2[nH]cnc12. The second-order valence-corrected chi connectivity index (χ2v) is 15.0. The third-order valence-corrected chi connectivity index (χ3v) is 7.46. The predicted molar refractivity (Wildman–Crippen MR) is 123 cm³/mol. The molecule has 2 aromatic rings. The van der Waals surface area contributed by atoms with Crippen LogP contribution in [-0.4, -0.2) is 85.7 Å². The van der Waals surface area contributed by atoms with E-state index in [0.29, 0.717) is 17.8 Å². The molecule has 31 heavy (non-hydrogen) atoms. The summed E-state index contributed by atoms with van der Waals surface area (Å²) in [7, 11) is 1.97. The van der Waals surface area contributed by atoms with Crippen LogP contribution < -0.4 is 5.56 Å². The number of ether oxygens (including phenoxy) is 2. The number of rotatable bonds is 10. The summed E-state index contributed by atoms with van der Waals surface area (Å²) in [5.74, 6) is -0.546. The van der Waals surface area contributed by atoms with Crippen molar-refractivity contribution in [2.75, 3.05) is 46.9 Å². The van der Waals surface area contributed by atoms with Gasteiger partial charge in [0.2, 0.25) is 0 Å². The number of carbonyl (C=O) groups excluding carboxylic acids is 1. The van der Waals surface area contributed by atoms with Crippen LogP contribution in [0.2, 0.25) is 25.7 Å². The van der Waals surface area contributed by atoms with Gasteiger partial charge in [-0.05, 0) is 39.0 Å². The van der Waals surface area contributed by atoms with Crippen molar-refractivity contribution in [3.63, 3.8) is 0 Å². The molecule has 3 rings (SSSR count). The minimum atomic E-state index is -1.32. The molecule has 0 saturated carbocycles. The highest BCUT2D eigenvalue weighted by Crippen LogP contribution is 2.27. The number of methoxy groups -OCH3 is 1. The molecule has 0 spiro atoms. The molecular formula is C21H35N5O4Si. The molecule has 2 N–H and O–H groups in total. The Bertz CT molecular complexity index is 945. The molecule has 0 amide bonds. The van der Waals surface area contributed by atoms with Gasteiger partial charge in [-0.2, -0.15) is 0 Å². The van der Waals surface area contributed by atoms with E-state index in [1.54, 1.807) is 0 Å². The van der Waals surface area contributed by atoms with Gasteiger partial charge in [0, 0.05) is 27.8 Å². The van der Waals surface area contributed by atoms with Gasteiger partial charge >= 0.3 is 5.97 Å². The molecule has 3 heterocycles. The number of H-pyrrole nitrogens is 2. The zero-order valence-electron chi connectivity index (χ0n) is 19.3. The number of imidazole rings is 1. The Morgan fingerprint density at radius 3 is 2.68 bits per heavy atom. The molecule has 0 aromatic carbocycles. The molecule has 2 aromatic heterocycles. The van der Waals surface area contributed by atoms with Crippen molar-refractivity contribution in [3.8, 4) is 0 Å². The molecule has 1 unspecified atom stereocenters. The quantitative estimate of drug-likeness (QED) is 0.326. The molecule has 0 bridgehead atoms. The first-order valence-corrected chi connectivity index (χ1v) is 14.6. The van der Waals surface area contributed by atoms with Crippen LogP contribution in [0, 0.1) is 0 Å². The standard InChI is InChI=1S/C21H35N5O4Si/c1-25(10-11-26-8-6-7-9-26)20(30-12-13-31(3,4)5)17-15(21(28)29-2)16-18(19(27)24-17)23-14-22-16/h14,20H,6-13H2,1-5H3,(H,22,23)(H,24,27). The molecule has 1 aliphatic heterocycles. The van der Waals surface area contributed by atoms with Gasteiger partial charge in [-0.15, -0.1) is 0 Å². The number of hydrogen-bond acceptors (Lipinski definition) is 7. The molecule has 1 saturated heterocycles. The summed E-state index contributed by atoms with van der Waals surface area (Å²) < 4.78 is 11.4. The lowest BCUT2D eigenvalue weighted by Crippen LogP contribution is -2.37. The third kappa shape index (κ3) is 5.82. The average Bonchev–Trinajstić information content (AvgIpc) is 3.40. The smallest absolute Gasteiger partial charge is 0.342 e. The first-order valence-electron chi connectivity index (χ1n) is 10.9. The number of aromatic nitrogens is 3. The molecule has 0 aliphatic carbocycles. The Hall–Kier alpha value is -2.01. The van der Waals surface area contributed by atoms with Crippen LogP contribution in [0.5, 0.6) is 0 Å². The lowest BCUT2D eigenvalue weighted by Gasteiger charge is -2.31. The lowest BCUT2D eigenvalue weighted by atomic mass is 10.1. The predicted octanol–water partition coefficient (Wildman–Crippen LogP) is 2.42. The Morgan fingerprint density at radius 2 is 2.03 bits per heavy atom. The van der Waals surface area contributed by atoms with Gasteiger partial charge in [0.15, 0.2) is 6.23 Å². The number of carbonyl (C=O) groups is 1. The molecular weight excluding hydrogens is 414 g/mol. The van der Waals surface area contributed by atoms with Crippen LogP contribution >= 0.6 is 0 Å². The molecule has 0 radical (unpaired) electrons. The summed E-state index contributed by atoms with van der Waals surface area (Å²) in [5, 5.41) is 0. The van der Waals surface area contributed by atoms with Gasteiger partial charge in [-0.3, -0.25) is 9.69 Å². The second-order valence-electron chi connectivity index (χ2n) is 9.42. The lowest BCUT2D eigenvalue weighted by molar-refractivity contribution is -0.0505. The van der Waals surface area contributed by atoms with Gasteiger partial charge in [-0.1, -0.05) is 19.6 Å². The third-order valence-electron chi connectivity index (χ3n) is 5.75. The molecule has 1 aliphatic rings. The number of esters is 1. The van der Waals surface area contributed by atoms with Gasteiger partial charge in [0.05, 0.1) is 19.1 Å². The Kier molecular flexibility index (Phi) is 7.68. The van der Waals surface area contributed by atoms with Crippen LogP contribution in [0.4, 0.5) is 0 Å². The van der Waals surface area contributed by atoms with E-state index in [1.165, 1.54) is 26.3 Å². The molecule has 10 heteroatoms. The molecule has 172 valence electrons. The van der Waals surface area contributed by atoms with Crippen molar-refractivity contribution in [3.05, 3.63) is 27.9 Å². The van der Waals surface area contributed by atoms with Gasteiger partial charge in [0.1, 0.15) is 16.6 Å². The normalized spacial score (nSPS) is 16.3. The highest BCUT2D eigenvalue weighted by atomic mass is 28.3. The van der Waals surface area contributed by atoms with Crippen molar-refractivity contribution in [2.45, 2.75) is 44.8 Å². The van der Waals surface area contributed by atoms with E-state index >= 15 is 0 Å². The van der Waals surface area contributed by atoms with Gasteiger partial charge < -0.3 is 24.3 Å². The Morgan fingerprint density at radius 1 is 1.32 bits per heavy atom. The Labute approximate surface area is 184 Å². The fourth-order valence-electron chi connectivity index (χ4n) is 3.86. The van der Waals surface area contributed by atoms with E-state index in [1.807, 2.05) is 7.05 Å². The van der Waals surface area contributed by atoms with Crippen LogP contribution in [0.1, 0.15) is 35.1 Å². The van der Waals surface area contributed by atoms with Crippen LogP contribution in [-0.2, 0) is 9.47 Å². The largest absolute Gasteiger partial charge is 0.465 e. The molecule has 1 fully saturated rings. The van der Waals surface area contributed by atoms with Crippen molar-refractivity contribution >= 4 is 25.1 Å². The first-order chi connectivity index (χ1) is 14.7. The number of nitrogens with zero attached hydrogens (tertiary/aromatic N) is 3. The highest BCUT2D eigenvalue weighted by molar-refractivity contribution is 6.76. The summed E-state index contributed by atoms with van der Waals surface area (Å²) in [6.45, 7) is 11.3. The topological polar surface area (TPSA) is 104 Å². The zero-order chi connectivity index (χ0) is 22.6. The zero-order valence-corrected chi connectivity index (χ0v) is 20.3. The number of nitrogens with one attached hydrogen (secondary N) is 2. The van der Waals surface area contributed by atoms with Crippen molar-refractivity contribution < 1.29 is 14.3 Å². The highest BCUT2D eigenvalue weighted by Gasteiger charge is 2.30. The van der Waals surface area contributed by atoms with Crippen LogP contribution in [0.15, 0.2) is 11.1 Å². The average molecular weight is 450 g/mol. The van der Waals surface area contributed by atoms with E-state index in [0.717, 1.165) is 32.2 Å². The number of aromatic amines is 2. The number of fused-ring (bicyclic) bond motifs is 1. The summed E-state index contributed by atoms with van der Waals surface area (Å²) >= 11 is 0. The number of pyridine rings is 1. The van der Waals surface area contributed by atoms with Crippen LogP contribution in [0.3, 0.4) is 0 Å². The Balaban J connectivity index is 1.95. The fraction of sp³-hybridized carbons (Fsp3) is 0.667. The van der Waals surface area contributed by atoms with E-state index < -0.39 is 20.3 Å². The summed E-state index contributed by atoms with van der Waals surface area (Å²) in [5.41, 5.74) is 0.865. The molecule has 1 atom stereocenters. The van der Waals surface area contributed by atoms with Crippen molar-refractivity contribution in [1.82, 2.24) is 24.8 Å². The van der Waals surface area contributed by atoms with E-state index in [-0.39, 0.29) is 16.6 Å². The van der Waals surface area contributed by atoms with Gasteiger partial charge in [0.25, 0.3) is 5.56 Å². The van der Waals surface area contributed by atoms with Crippen LogP contribution in [0.25, 0.3) is 11.0 Å². The number of likely N-dealkylation sites (tertiary alicyclic amines) is 1. The molecule has 9 nitrogen and oxygen atoms in total. The fourth-order valence-corrected chi connectivity index (χ4v) is 4.59. The minimum Gasteiger partial charge on any atom is -0.465 e. The first kappa shape index (κ1) is 23.6. The van der Waals surface area contributed by atoms with Crippen molar-refractivity contribution in [1.29, 1.82) is 0 Å². The van der Waals surface area contributed by atoms with E-state index in [2.05, 4.69) is 44.4 Å². The summed E-state index contributed by atoms with van der Waals surface area (Å²) in [6, 6.07) is 0.978. The maximum absolute atomic E-state index is 12.7. The second kappa shape index (κ2) is 10.1. The van der Waals surface area contributed by atoms with E-state index in [9.17, 15) is 9.59 Å². The number of hydrogen-bond donors (Lipinski definition) is 2.